The molecular formula is C25H27NO4. The van der Waals surface area contributed by atoms with E-state index >= 15 is 0 Å². The summed E-state index contributed by atoms with van der Waals surface area (Å²) in [6, 6.07) is 24.1. The highest BCUT2D eigenvalue weighted by Gasteiger charge is 2.11. The van der Waals surface area contributed by atoms with Crippen LogP contribution >= 0.6 is 0 Å². The van der Waals surface area contributed by atoms with Gasteiger partial charge in [-0.1, -0.05) is 50.2 Å². The van der Waals surface area contributed by atoms with Crippen molar-refractivity contribution in [3.63, 3.8) is 0 Å². The maximum absolute atomic E-state index is 12.7. The van der Waals surface area contributed by atoms with Gasteiger partial charge in [0.15, 0.2) is 0 Å². The average Bonchev–Trinajstić information content (AvgIpc) is 2.77. The summed E-state index contributed by atoms with van der Waals surface area (Å²) in [5.41, 5.74) is 1.13. The van der Waals surface area contributed by atoms with Crippen molar-refractivity contribution in [2.75, 3.05) is 25.1 Å². The molecule has 0 aliphatic rings. The minimum Gasteiger partial charge on any atom is -0.493 e. The second kappa shape index (κ2) is 10.9. The third-order valence-electron chi connectivity index (χ3n) is 4.17. The molecule has 0 spiro atoms. The van der Waals surface area contributed by atoms with Crippen LogP contribution < -0.4 is 19.5 Å². The number of rotatable bonds is 10. The average molecular weight is 405 g/mol. The summed E-state index contributed by atoms with van der Waals surface area (Å²) in [5, 5.41) is 2.92. The molecule has 0 fully saturated rings. The van der Waals surface area contributed by atoms with Gasteiger partial charge in [-0.15, -0.1) is 0 Å². The van der Waals surface area contributed by atoms with E-state index in [1.54, 1.807) is 12.1 Å². The molecule has 0 saturated carbocycles. The van der Waals surface area contributed by atoms with Crippen LogP contribution in [0, 0.1) is 5.92 Å². The van der Waals surface area contributed by atoms with E-state index in [2.05, 4.69) is 19.2 Å². The SMILES string of the molecule is CC(C)COc1cccc(C(=O)Nc2ccccc2OCCOc2ccccc2)c1. The predicted octanol–water partition coefficient (Wildman–Crippen LogP) is 5.43. The zero-order valence-corrected chi connectivity index (χ0v) is 17.3. The van der Waals surface area contributed by atoms with Gasteiger partial charge in [-0.2, -0.15) is 0 Å². The zero-order chi connectivity index (χ0) is 21.2. The molecule has 1 amide bonds. The molecule has 0 radical (unpaired) electrons. The van der Waals surface area contributed by atoms with Crippen molar-refractivity contribution in [1.29, 1.82) is 0 Å². The number of para-hydroxylation sites is 3. The van der Waals surface area contributed by atoms with Crippen LogP contribution in [0.5, 0.6) is 17.2 Å². The molecule has 0 heterocycles. The summed E-state index contributed by atoms with van der Waals surface area (Å²) >= 11 is 0. The lowest BCUT2D eigenvalue weighted by Crippen LogP contribution is -2.15. The molecule has 0 aromatic heterocycles. The van der Waals surface area contributed by atoms with Crippen LogP contribution in [-0.2, 0) is 0 Å². The third kappa shape index (κ3) is 6.55. The number of hydrogen-bond donors (Lipinski definition) is 1. The van der Waals surface area contributed by atoms with Gasteiger partial charge in [-0.3, -0.25) is 4.79 Å². The monoisotopic (exact) mass is 405 g/mol. The first kappa shape index (κ1) is 21.2. The van der Waals surface area contributed by atoms with Gasteiger partial charge in [0, 0.05) is 5.56 Å². The van der Waals surface area contributed by atoms with Crippen molar-refractivity contribution in [3.8, 4) is 17.2 Å². The van der Waals surface area contributed by atoms with Gasteiger partial charge in [0.1, 0.15) is 30.5 Å². The smallest absolute Gasteiger partial charge is 0.255 e. The molecule has 3 aromatic carbocycles. The van der Waals surface area contributed by atoms with Crippen LogP contribution in [0.2, 0.25) is 0 Å². The van der Waals surface area contributed by atoms with E-state index in [-0.39, 0.29) is 5.91 Å². The van der Waals surface area contributed by atoms with Gasteiger partial charge in [-0.05, 0) is 48.4 Å². The minimum atomic E-state index is -0.221. The number of hydrogen-bond acceptors (Lipinski definition) is 4. The molecular weight excluding hydrogens is 378 g/mol. The van der Waals surface area contributed by atoms with Crippen molar-refractivity contribution < 1.29 is 19.0 Å². The summed E-state index contributed by atoms with van der Waals surface area (Å²) < 4.78 is 17.2. The number of ether oxygens (including phenoxy) is 3. The molecule has 0 aliphatic heterocycles. The summed E-state index contributed by atoms with van der Waals surface area (Å²) in [7, 11) is 0. The number of amides is 1. The lowest BCUT2D eigenvalue weighted by atomic mass is 10.2. The second-order valence-electron chi connectivity index (χ2n) is 7.19. The molecule has 3 aromatic rings. The fraction of sp³-hybridized carbons (Fsp3) is 0.240. The van der Waals surface area contributed by atoms with Crippen LogP contribution in [0.25, 0.3) is 0 Å². The number of anilines is 1. The maximum atomic E-state index is 12.7. The minimum absolute atomic E-state index is 0.221. The normalized spacial score (nSPS) is 10.5. The molecule has 0 unspecified atom stereocenters. The van der Waals surface area contributed by atoms with Crippen LogP contribution in [0.4, 0.5) is 5.69 Å². The van der Waals surface area contributed by atoms with Gasteiger partial charge < -0.3 is 19.5 Å². The van der Waals surface area contributed by atoms with Gasteiger partial charge in [0.2, 0.25) is 0 Å². The van der Waals surface area contributed by atoms with Gasteiger partial charge in [-0.25, -0.2) is 0 Å². The molecule has 156 valence electrons. The summed E-state index contributed by atoms with van der Waals surface area (Å²) in [6.07, 6.45) is 0. The van der Waals surface area contributed by atoms with E-state index in [0.717, 1.165) is 5.75 Å². The van der Waals surface area contributed by atoms with Crippen LogP contribution in [0.3, 0.4) is 0 Å². The van der Waals surface area contributed by atoms with Gasteiger partial charge in [0.05, 0.1) is 12.3 Å². The van der Waals surface area contributed by atoms with Gasteiger partial charge in [0.25, 0.3) is 5.91 Å². The Labute approximate surface area is 177 Å². The van der Waals surface area contributed by atoms with Crippen molar-refractivity contribution in [3.05, 3.63) is 84.4 Å². The summed E-state index contributed by atoms with van der Waals surface area (Å²) in [4.78, 5) is 12.7. The summed E-state index contributed by atoms with van der Waals surface area (Å²) in [6.45, 7) is 5.53. The Bertz CT molecular complexity index is 941. The largest absolute Gasteiger partial charge is 0.493 e. The Morgan fingerprint density at radius 2 is 1.50 bits per heavy atom. The third-order valence-corrected chi connectivity index (χ3v) is 4.17. The van der Waals surface area contributed by atoms with E-state index in [9.17, 15) is 4.79 Å². The van der Waals surface area contributed by atoms with E-state index in [4.69, 9.17) is 14.2 Å². The van der Waals surface area contributed by atoms with Crippen molar-refractivity contribution >= 4 is 11.6 Å². The Morgan fingerprint density at radius 3 is 2.30 bits per heavy atom. The molecule has 0 saturated heterocycles. The number of carbonyl (C=O) groups excluding carboxylic acids is 1. The fourth-order valence-electron chi connectivity index (χ4n) is 2.71. The molecule has 1 N–H and O–H groups in total. The number of carbonyl (C=O) groups is 1. The van der Waals surface area contributed by atoms with E-state index < -0.39 is 0 Å². The first-order valence-corrected chi connectivity index (χ1v) is 10.1. The molecule has 5 heteroatoms. The molecule has 3 rings (SSSR count). The van der Waals surface area contributed by atoms with E-state index in [1.165, 1.54) is 0 Å². The Hall–Kier alpha value is -3.47. The topological polar surface area (TPSA) is 56.8 Å². The lowest BCUT2D eigenvalue weighted by molar-refractivity contribution is 0.102. The second-order valence-corrected chi connectivity index (χ2v) is 7.19. The standard InChI is InChI=1S/C25H27NO4/c1-19(2)18-30-22-12-8-9-20(17-22)25(27)26-23-13-6-7-14-24(23)29-16-15-28-21-10-4-3-5-11-21/h3-14,17,19H,15-16,18H2,1-2H3,(H,26,27). The number of nitrogens with one attached hydrogen (secondary N) is 1. The van der Waals surface area contributed by atoms with Gasteiger partial charge >= 0.3 is 0 Å². The lowest BCUT2D eigenvalue weighted by Gasteiger charge is -2.14. The van der Waals surface area contributed by atoms with Crippen LogP contribution in [0.1, 0.15) is 24.2 Å². The quantitative estimate of drug-likeness (QED) is 0.457. The molecule has 0 aliphatic carbocycles. The Kier molecular flexibility index (Phi) is 7.72. The molecule has 30 heavy (non-hydrogen) atoms. The molecule has 0 bridgehead atoms. The van der Waals surface area contributed by atoms with E-state index in [0.29, 0.717) is 48.5 Å². The van der Waals surface area contributed by atoms with Crippen molar-refractivity contribution in [2.24, 2.45) is 5.92 Å². The maximum Gasteiger partial charge on any atom is 0.255 e. The highest BCUT2D eigenvalue weighted by molar-refractivity contribution is 6.05. The van der Waals surface area contributed by atoms with Crippen LogP contribution in [0.15, 0.2) is 78.9 Å². The summed E-state index contributed by atoms with van der Waals surface area (Å²) in [5.74, 6) is 2.26. The first-order valence-electron chi connectivity index (χ1n) is 10.1. The number of benzene rings is 3. The fourth-order valence-corrected chi connectivity index (χ4v) is 2.71. The highest BCUT2D eigenvalue weighted by atomic mass is 16.5. The Morgan fingerprint density at radius 1 is 0.800 bits per heavy atom. The highest BCUT2D eigenvalue weighted by Crippen LogP contribution is 2.25. The van der Waals surface area contributed by atoms with Crippen molar-refractivity contribution in [1.82, 2.24) is 0 Å². The van der Waals surface area contributed by atoms with Crippen LogP contribution in [-0.4, -0.2) is 25.7 Å². The predicted molar refractivity (Wildman–Crippen MR) is 119 cm³/mol. The van der Waals surface area contributed by atoms with E-state index in [1.807, 2.05) is 66.7 Å². The van der Waals surface area contributed by atoms with Crippen molar-refractivity contribution in [2.45, 2.75) is 13.8 Å². The zero-order valence-electron chi connectivity index (χ0n) is 17.3. The molecule has 0 atom stereocenters. The molecule has 5 nitrogen and oxygen atoms in total. The first-order chi connectivity index (χ1) is 14.6. The Balaban J connectivity index is 1.57.